The van der Waals surface area contributed by atoms with Gasteiger partial charge in [0.1, 0.15) is 0 Å². The second-order valence-corrected chi connectivity index (χ2v) is 2.27. The zero-order valence-corrected chi connectivity index (χ0v) is 6.67. The second kappa shape index (κ2) is 3.48. The van der Waals surface area contributed by atoms with Crippen LogP contribution >= 0.6 is 0 Å². The minimum Gasteiger partial charge on any atom is -0.351 e. The maximum atomic E-state index is 12.0. The van der Waals surface area contributed by atoms with E-state index in [1.165, 1.54) is 0 Å². The lowest BCUT2D eigenvalue weighted by Gasteiger charge is -2.05. The molecule has 0 saturated carbocycles. The Hall–Kier alpha value is -1.86. The predicted octanol–water partition coefficient (Wildman–Crippen LogP) is 0.986. The number of rotatable bonds is 1. The van der Waals surface area contributed by atoms with E-state index in [4.69, 9.17) is 5.73 Å². The van der Waals surface area contributed by atoms with Gasteiger partial charge in [-0.15, -0.1) is 0 Å². The van der Waals surface area contributed by atoms with Gasteiger partial charge in [0.15, 0.2) is 11.5 Å². The Balaban J connectivity index is 2.84. The number of nitrogens with zero attached hydrogens (tertiary/aromatic N) is 2. The van der Waals surface area contributed by atoms with Crippen molar-refractivity contribution in [1.29, 1.82) is 0 Å². The van der Waals surface area contributed by atoms with Crippen LogP contribution in [0.25, 0.3) is 0 Å². The number of anilines is 1. The molecule has 0 radical (unpaired) electrons. The molecule has 1 aromatic heterocycles. The number of primary amides is 1. The summed E-state index contributed by atoms with van der Waals surface area (Å²) in [6, 6.07) is -0.918. The van der Waals surface area contributed by atoms with Crippen molar-refractivity contribution in [3.05, 3.63) is 18.1 Å². The fourth-order valence-corrected chi connectivity index (χ4v) is 0.665. The number of hydrogen-bond donors (Lipinski definition) is 2. The van der Waals surface area contributed by atoms with Crippen LogP contribution < -0.4 is 11.1 Å². The summed E-state index contributed by atoms with van der Waals surface area (Å²) < 4.78 is 35.9. The van der Waals surface area contributed by atoms with E-state index < -0.39 is 17.9 Å². The number of urea groups is 1. The number of nitrogens with two attached hydrogens (primary N) is 1. The Bertz CT molecular complexity index is 334. The average Bonchev–Trinajstić information content (AvgIpc) is 2.02. The summed E-state index contributed by atoms with van der Waals surface area (Å²) in [6.45, 7) is 0. The molecule has 0 aliphatic carbocycles. The van der Waals surface area contributed by atoms with Crippen molar-refractivity contribution in [2.45, 2.75) is 6.18 Å². The van der Waals surface area contributed by atoms with Crippen LogP contribution in [0.1, 0.15) is 5.69 Å². The molecule has 0 aliphatic heterocycles. The van der Waals surface area contributed by atoms with E-state index >= 15 is 0 Å². The van der Waals surface area contributed by atoms with Crippen LogP contribution in [-0.2, 0) is 6.18 Å². The fourth-order valence-electron chi connectivity index (χ4n) is 0.665. The molecule has 3 N–H and O–H groups in total. The summed E-state index contributed by atoms with van der Waals surface area (Å²) >= 11 is 0. The van der Waals surface area contributed by atoms with Crippen LogP contribution in [-0.4, -0.2) is 16.0 Å². The van der Waals surface area contributed by atoms with Crippen molar-refractivity contribution < 1.29 is 18.0 Å². The van der Waals surface area contributed by atoms with Gasteiger partial charge in [-0.05, 0) is 0 Å². The van der Waals surface area contributed by atoms with E-state index in [0.717, 1.165) is 6.20 Å². The lowest BCUT2D eigenvalue weighted by molar-refractivity contribution is -0.141. The van der Waals surface area contributed by atoms with Crippen molar-refractivity contribution in [3.8, 4) is 0 Å². The van der Waals surface area contributed by atoms with Gasteiger partial charge < -0.3 is 5.73 Å². The maximum absolute atomic E-state index is 12.0. The summed E-state index contributed by atoms with van der Waals surface area (Å²) in [4.78, 5) is 16.6. The molecule has 76 valence electrons. The number of nitrogens with one attached hydrogen (secondary N) is 1. The third-order valence-corrected chi connectivity index (χ3v) is 1.19. The summed E-state index contributed by atoms with van der Waals surface area (Å²) in [6.07, 6.45) is -3.27. The molecular weight excluding hydrogens is 201 g/mol. The van der Waals surface area contributed by atoms with E-state index in [0.29, 0.717) is 6.20 Å². The van der Waals surface area contributed by atoms with Crippen LogP contribution in [0.5, 0.6) is 0 Å². The van der Waals surface area contributed by atoms with Crippen LogP contribution in [0.2, 0.25) is 0 Å². The largest absolute Gasteiger partial charge is 0.434 e. The Kier molecular flexibility index (Phi) is 2.54. The van der Waals surface area contributed by atoms with Crippen molar-refractivity contribution >= 4 is 11.8 Å². The number of halogens is 3. The summed E-state index contributed by atoms with van der Waals surface area (Å²) in [7, 11) is 0. The van der Waals surface area contributed by atoms with Gasteiger partial charge in [0.2, 0.25) is 0 Å². The molecule has 0 unspecified atom stereocenters. The third kappa shape index (κ3) is 2.57. The number of amides is 2. The fraction of sp³-hybridized carbons (Fsp3) is 0.167. The first-order chi connectivity index (χ1) is 6.39. The zero-order valence-electron chi connectivity index (χ0n) is 6.67. The van der Waals surface area contributed by atoms with E-state index in [9.17, 15) is 18.0 Å². The molecular formula is C6H5F3N4O. The van der Waals surface area contributed by atoms with Crippen molar-refractivity contribution in [2.75, 3.05) is 5.32 Å². The Morgan fingerprint density at radius 1 is 1.36 bits per heavy atom. The summed E-state index contributed by atoms with van der Waals surface area (Å²) in [5.74, 6) is -0.134. The minimum absolute atomic E-state index is 0.134. The van der Waals surface area contributed by atoms with Crippen LogP contribution in [0.4, 0.5) is 23.8 Å². The predicted molar refractivity (Wildman–Crippen MR) is 40.2 cm³/mol. The third-order valence-electron chi connectivity index (χ3n) is 1.19. The average molecular weight is 206 g/mol. The van der Waals surface area contributed by atoms with Crippen molar-refractivity contribution in [2.24, 2.45) is 5.73 Å². The normalized spacial score (nSPS) is 11.1. The summed E-state index contributed by atoms with van der Waals surface area (Å²) in [5.41, 5.74) is 3.58. The van der Waals surface area contributed by atoms with Crippen LogP contribution in [0.15, 0.2) is 12.4 Å². The molecule has 0 aromatic carbocycles. The Morgan fingerprint density at radius 3 is 2.36 bits per heavy atom. The zero-order chi connectivity index (χ0) is 10.8. The SMILES string of the molecule is NC(=O)Nc1cnc(C(F)(F)F)cn1. The van der Waals surface area contributed by atoms with E-state index in [-0.39, 0.29) is 5.82 Å². The lowest BCUT2D eigenvalue weighted by atomic mass is 10.4. The van der Waals surface area contributed by atoms with Gasteiger partial charge in [-0.1, -0.05) is 0 Å². The standard InChI is InChI=1S/C6H5F3N4O/c7-6(8,9)3-1-12-4(2-11-3)13-5(10)14/h1-2H,(H3,10,12,13,14). The molecule has 5 nitrogen and oxygen atoms in total. The highest BCUT2D eigenvalue weighted by atomic mass is 19.4. The first kappa shape index (κ1) is 10.2. The van der Waals surface area contributed by atoms with E-state index in [1.807, 2.05) is 5.32 Å². The molecule has 1 rings (SSSR count). The highest BCUT2D eigenvalue weighted by Crippen LogP contribution is 2.26. The van der Waals surface area contributed by atoms with Crippen LogP contribution in [0, 0.1) is 0 Å². The Morgan fingerprint density at radius 2 is 2.00 bits per heavy atom. The lowest BCUT2D eigenvalue weighted by Crippen LogP contribution is -2.20. The molecule has 0 bridgehead atoms. The van der Waals surface area contributed by atoms with Gasteiger partial charge in [-0.3, -0.25) is 5.32 Å². The van der Waals surface area contributed by atoms with Gasteiger partial charge in [0.25, 0.3) is 0 Å². The van der Waals surface area contributed by atoms with Crippen LogP contribution in [0.3, 0.4) is 0 Å². The Labute approximate surface area is 76.1 Å². The van der Waals surface area contributed by atoms with Gasteiger partial charge >= 0.3 is 12.2 Å². The maximum Gasteiger partial charge on any atom is 0.434 e. The topological polar surface area (TPSA) is 80.9 Å². The number of aromatic nitrogens is 2. The molecule has 0 fully saturated rings. The van der Waals surface area contributed by atoms with Gasteiger partial charge in [-0.2, -0.15) is 13.2 Å². The first-order valence-corrected chi connectivity index (χ1v) is 3.35. The first-order valence-electron chi connectivity index (χ1n) is 3.35. The van der Waals surface area contributed by atoms with E-state index in [2.05, 4.69) is 9.97 Å². The number of carbonyl (C=O) groups is 1. The van der Waals surface area contributed by atoms with Gasteiger partial charge in [0, 0.05) is 0 Å². The molecule has 0 saturated heterocycles. The monoisotopic (exact) mass is 206 g/mol. The van der Waals surface area contributed by atoms with Gasteiger partial charge in [0.05, 0.1) is 12.4 Å². The second-order valence-electron chi connectivity index (χ2n) is 2.27. The van der Waals surface area contributed by atoms with Crippen molar-refractivity contribution in [1.82, 2.24) is 9.97 Å². The number of hydrogen-bond acceptors (Lipinski definition) is 3. The highest BCUT2D eigenvalue weighted by molar-refractivity contribution is 5.86. The smallest absolute Gasteiger partial charge is 0.351 e. The number of alkyl halides is 3. The molecule has 8 heteroatoms. The van der Waals surface area contributed by atoms with Gasteiger partial charge in [-0.25, -0.2) is 14.8 Å². The molecule has 1 heterocycles. The molecule has 0 atom stereocenters. The molecule has 2 amide bonds. The molecule has 0 aliphatic rings. The molecule has 0 spiro atoms. The highest BCUT2D eigenvalue weighted by Gasteiger charge is 2.32. The summed E-state index contributed by atoms with van der Waals surface area (Å²) in [5, 5.41) is 1.98. The quantitative estimate of drug-likeness (QED) is 0.718. The molecule has 14 heavy (non-hydrogen) atoms. The molecule has 1 aromatic rings. The van der Waals surface area contributed by atoms with E-state index in [1.54, 1.807) is 0 Å². The number of carbonyl (C=O) groups excluding carboxylic acids is 1. The van der Waals surface area contributed by atoms with Crippen molar-refractivity contribution in [3.63, 3.8) is 0 Å². The minimum atomic E-state index is -4.54.